The Morgan fingerprint density at radius 2 is 1.63 bits per heavy atom. The Hall–Kier alpha value is -0.890. The lowest BCUT2D eigenvalue weighted by atomic mass is 10.3. The Morgan fingerprint density at radius 3 is 2.05 bits per heavy atom. The van der Waals surface area contributed by atoms with Crippen LogP contribution in [0, 0.1) is 0 Å². The topological polar surface area (TPSA) is 22.1 Å². The number of alkyl halides is 7. The molecule has 0 atom stereocenters. The molecule has 0 radical (unpaired) electrons. The second-order valence-electron chi connectivity index (χ2n) is 3.29. The first kappa shape index (κ1) is 16.2. The smallest absolute Gasteiger partial charge is 0.434 e. The van der Waals surface area contributed by atoms with Crippen molar-refractivity contribution in [1.29, 1.82) is 0 Å². The van der Waals surface area contributed by atoms with Gasteiger partial charge < -0.3 is 4.74 Å². The van der Waals surface area contributed by atoms with Crippen LogP contribution in [-0.2, 0) is 5.88 Å². The summed E-state index contributed by atoms with van der Waals surface area (Å²) in [5, 5.41) is 0.0120. The number of hydrogen-bond acceptors (Lipinski definition) is 2. The van der Waals surface area contributed by atoms with Crippen molar-refractivity contribution in [2.45, 2.75) is 24.3 Å². The molecule has 0 aliphatic heterocycles. The van der Waals surface area contributed by atoms with E-state index in [2.05, 4.69) is 9.72 Å². The maximum atomic E-state index is 12.2. The van der Waals surface area contributed by atoms with Crippen LogP contribution in [0.15, 0.2) is 12.1 Å². The molecule has 0 aromatic carbocycles. The molecule has 2 nitrogen and oxygen atoms in total. The van der Waals surface area contributed by atoms with Crippen molar-refractivity contribution in [3.05, 3.63) is 22.8 Å². The van der Waals surface area contributed by atoms with Crippen LogP contribution in [0.25, 0.3) is 0 Å². The van der Waals surface area contributed by atoms with Gasteiger partial charge in [-0.3, -0.25) is 0 Å². The van der Waals surface area contributed by atoms with Crippen LogP contribution in [0.4, 0.5) is 26.3 Å². The van der Waals surface area contributed by atoms with Crippen LogP contribution in [0.5, 0.6) is 5.88 Å². The number of halogens is 8. The van der Waals surface area contributed by atoms with E-state index in [9.17, 15) is 26.3 Å². The zero-order valence-corrected chi connectivity index (χ0v) is 10.3. The highest BCUT2D eigenvalue weighted by molar-refractivity contribution is 6.32. The Morgan fingerprint density at radius 1 is 1.11 bits per heavy atom. The van der Waals surface area contributed by atoms with Gasteiger partial charge in [0.25, 0.3) is 6.10 Å². The van der Waals surface area contributed by atoms with E-state index in [1.807, 2.05) is 0 Å². The molecule has 10 heteroatoms. The van der Waals surface area contributed by atoms with Gasteiger partial charge in [0, 0.05) is 6.07 Å². The monoisotopic (exact) mass is 327 g/mol. The van der Waals surface area contributed by atoms with Gasteiger partial charge in [0.1, 0.15) is 0 Å². The maximum Gasteiger partial charge on any atom is 0.434 e. The summed E-state index contributed by atoms with van der Waals surface area (Å²) >= 11 is 10.9. The summed E-state index contributed by atoms with van der Waals surface area (Å²) in [6.07, 6.45) is -15.2. The second-order valence-corrected chi connectivity index (χ2v) is 3.97. The van der Waals surface area contributed by atoms with Gasteiger partial charge in [-0.1, -0.05) is 11.6 Å². The molecule has 19 heavy (non-hydrogen) atoms. The Balaban J connectivity index is 3.04. The minimum Gasteiger partial charge on any atom is -0.455 e. The highest BCUT2D eigenvalue weighted by atomic mass is 35.5. The predicted molar refractivity (Wildman–Crippen MR) is 55.3 cm³/mol. The van der Waals surface area contributed by atoms with Crippen molar-refractivity contribution < 1.29 is 31.1 Å². The fraction of sp³-hybridized carbons (Fsp3) is 0.444. The average molecular weight is 328 g/mol. The van der Waals surface area contributed by atoms with E-state index in [1.54, 1.807) is 0 Å². The molecular weight excluding hydrogens is 323 g/mol. The molecule has 0 aliphatic rings. The van der Waals surface area contributed by atoms with Gasteiger partial charge in [0.05, 0.1) is 16.6 Å². The number of hydrogen-bond donors (Lipinski definition) is 0. The molecule has 0 unspecified atom stereocenters. The van der Waals surface area contributed by atoms with Crippen molar-refractivity contribution in [1.82, 2.24) is 4.98 Å². The third-order valence-electron chi connectivity index (χ3n) is 1.85. The minimum atomic E-state index is -5.61. The molecule has 108 valence electrons. The predicted octanol–water partition coefficient (Wildman–Crippen LogP) is 4.35. The van der Waals surface area contributed by atoms with E-state index in [0.29, 0.717) is 0 Å². The largest absolute Gasteiger partial charge is 0.455 e. The van der Waals surface area contributed by atoms with Crippen molar-refractivity contribution in [2.75, 3.05) is 0 Å². The van der Waals surface area contributed by atoms with Gasteiger partial charge in [0.2, 0.25) is 5.88 Å². The molecular formula is C9H5Cl2F6NO. The zero-order valence-electron chi connectivity index (χ0n) is 8.82. The summed E-state index contributed by atoms with van der Waals surface area (Å²) in [4.78, 5) is 3.37. The van der Waals surface area contributed by atoms with Gasteiger partial charge in [-0.05, 0) is 6.07 Å². The lowest BCUT2D eigenvalue weighted by Crippen LogP contribution is -2.46. The van der Waals surface area contributed by atoms with Gasteiger partial charge in [-0.2, -0.15) is 26.3 Å². The second kappa shape index (κ2) is 5.62. The lowest BCUT2D eigenvalue weighted by molar-refractivity contribution is -0.300. The molecule has 0 fully saturated rings. The van der Waals surface area contributed by atoms with Gasteiger partial charge in [0.15, 0.2) is 0 Å². The Labute approximate surface area is 113 Å². The Bertz CT molecular complexity index is 433. The summed E-state index contributed by atoms with van der Waals surface area (Å²) < 4.78 is 77.3. The van der Waals surface area contributed by atoms with Crippen LogP contribution in [0.2, 0.25) is 5.02 Å². The van der Waals surface area contributed by atoms with E-state index in [1.165, 1.54) is 0 Å². The Kier molecular flexibility index (Phi) is 4.78. The summed E-state index contributed by atoms with van der Waals surface area (Å²) in [5.41, 5.74) is -0.0797. The summed E-state index contributed by atoms with van der Waals surface area (Å²) in [7, 11) is 0. The van der Waals surface area contributed by atoms with Crippen molar-refractivity contribution >= 4 is 23.2 Å². The first-order valence-electron chi connectivity index (χ1n) is 4.57. The standard InChI is InChI=1S/C9H5Cl2F6NO/c10-3-5-4(11)1-2-6(18-5)19-7(8(12,13)14)9(15,16)17/h1-2,7H,3H2. The first-order valence-corrected chi connectivity index (χ1v) is 5.48. The SMILES string of the molecule is FC(F)(F)C(Oc1ccc(Cl)c(CCl)n1)C(F)(F)F. The van der Waals surface area contributed by atoms with E-state index in [-0.39, 0.29) is 16.6 Å². The third-order valence-corrected chi connectivity index (χ3v) is 2.45. The molecule has 0 spiro atoms. The van der Waals surface area contributed by atoms with Crippen LogP contribution in [0.1, 0.15) is 5.69 Å². The molecule has 1 rings (SSSR count). The fourth-order valence-electron chi connectivity index (χ4n) is 1.06. The number of ether oxygens (including phenoxy) is 1. The minimum absolute atomic E-state index is 0.0120. The summed E-state index contributed by atoms with van der Waals surface area (Å²) in [6, 6.07) is 1.84. The number of nitrogens with zero attached hydrogens (tertiary/aromatic N) is 1. The lowest BCUT2D eigenvalue weighted by Gasteiger charge is -2.23. The fourth-order valence-corrected chi connectivity index (χ4v) is 1.51. The van der Waals surface area contributed by atoms with Crippen LogP contribution < -0.4 is 4.74 Å². The van der Waals surface area contributed by atoms with E-state index >= 15 is 0 Å². The van der Waals surface area contributed by atoms with Gasteiger partial charge in [-0.25, -0.2) is 4.98 Å². The number of rotatable bonds is 3. The van der Waals surface area contributed by atoms with Gasteiger partial charge in [-0.15, -0.1) is 11.6 Å². The molecule has 1 heterocycles. The van der Waals surface area contributed by atoms with E-state index in [4.69, 9.17) is 23.2 Å². The first-order chi connectivity index (χ1) is 8.55. The average Bonchev–Trinajstić information content (AvgIpc) is 2.24. The summed E-state index contributed by atoms with van der Waals surface area (Å²) in [5.74, 6) is -1.14. The van der Waals surface area contributed by atoms with Gasteiger partial charge >= 0.3 is 12.4 Å². The van der Waals surface area contributed by atoms with Crippen LogP contribution in [-0.4, -0.2) is 23.4 Å². The van der Waals surface area contributed by atoms with Crippen molar-refractivity contribution in [2.24, 2.45) is 0 Å². The number of aromatic nitrogens is 1. The van der Waals surface area contributed by atoms with Crippen LogP contribution in [0.3, 0.4) is 0 Å². The highest BCUT2D eigenvalue weighted by Gasteiger charge is 2.59. The van der Waals surface area contributed by atoms with Crippen molar-refractivity contribution in [3.8, 4) is 5.88 Å². The molecule has 0 aliphatic carbocycles. The van der Waals surface area contributed by atoms with E-state index in [0.717, 1.165) is 12.1 Å². The third kappa shape index (κ3) is 4.31. The van der Waals surface area contributed by atoms with E-state index < -0.39 is 24.3 Å². The molecule has 0 amide bonds. The molecule has 0 saturated carbocycles. The van der Waals surface area contributed by atoms with Crippen LogP contribution >= 0.6 is 23.2 Å². The number of pyridine rings is 1. The maximum absolute atomic E-state index is 12.2. The molecule has 0 N–H and O–H groups in total. The zero-order chi connectivity index (χ0) is 14.8. The molecule has 0 bridgehead atoms. The normalized spacial score (nSPS) is 12.9. The molecule has 1 aromatic heterocycles. The van der Waals surface area contributed by atoms with Crippen molar-refractivity contribution in [3.63, 3.8) is 0 Å². The molecule has 1 aromatic rings. The summed E-state index contributed by atoms with van der Waals surface area (Å²) in [6.45, 7) is 0. The quantitative estimate of drug-likeness (QED) is 0.608. The highest BCUT2D eigenvalue weighted by Crippen LogP contribution is 2.36. The molecule has 0 saturated heterocycles.